The zero-order chi connectivity index (χ0) is 14.7. The molecule has 1 heterocycles. The van der Waals surface area contributed by atoms with Crippen LogP contribution in [0.4, 0.5) is 5.69 Å². The van der Waals surface area contributed by atoms with Gasteiger partial charge < -0.3 is 10.6 Å². The SMILES string of the molecule is O=C(CNC(=O)C1CC1)Nc1ccc(-n2cccn2)cc1. The van der Waals surface area contributed by atoms with Gasteiger partial charge in [-0.3, -0.25) is 9.59 Å². The van der Waals surface area contributed by atoms with Gasteiger partial charge in [0.1, 0.15) is 0 Å². The monoisotopic (exact) mass is 284 g/mol. The molecule has 2 amide bonds. The number of carbonyl (C=O) groups excluding carboxylic acids is 2. The van der Waals surface area contributed by atoms with Crippen LogP contribution in [-0.4, -0.2) is 28.1 Å². The zero-order valence-electron chi connectivity index (χ0n) is 11.5. The number of hydrogen-bond donors (Lipinski definition) is 2. The van der Waals surface area contributed by atoms with Gasteiger partial charge in [0.25, 0.3) is 0 Å². The Kier molecular flexibility index (Phi) is 3.68. The van der Waals surface area contributed by atoms with Crippen LogP contribution >= 0.6 is 0 Å². The van der Waals surface area contributed by atoms with Crippen LogP contribution in [0.2, 0.25) is 0 Å². The van der Waals surface area contributed by atoms with Crippen LogP contribution in [0, 0.1) is 5.92 Å². The molecule has 21 heavy (non-hydrogen) atoms. The van der Waals surface area contributed by atoms with Crippen LogP contribution in [0.1, 0.15) is 12.8 Å². The second-order valence-electron chi connectivity index (χ2n) is 5.04. The molecule has 0 bridgehead atoms. The summed E-state index contributed by atoms with van der Waals surface area (Å²) in [5.41, 5.74) is 1.61. The largest absolute Gasteiger partial charge is 0.347 e. The van der Waals surface area contributed by atoms with Crippen LogP contribution < -0.4 is 10.6 Å². The van der Waals surface area contributed by atoms with Crippen molar-refractivity contribution in [3.63, 3.8) is 0 Å². The lowest BCUT2D eigenvalue weighted by Gasteiger charge is -2.07. The van der Waals surface area contributed by atoms with Gasteiger partial charge in [-0.2, -0.15) is 5.10 Å². The molecule has 0 aliphatic heterocycles. The molecule has 0 spiro atoms. The van der Waals surface area contributed by atoms with E-state index in [1.54, 1.807) is 23.0 Å². The molecule has 1 fully saturated rings. The Morgan fingerprint density at radius 3 is 2.62 bits per heavy atom. The first kappa shape index (κ1) is 13.4. The van der Waals surface area contributed by atoms with Gasteiger partial charge in [-0.15, -0.1) is 0 Å². The quantitative estimate of drug-likeness (QED) is 0.870. The van der Waals surface area contributed by atoms with E-state index in [4.69, 9.17) is 0 Å². The molecule has 2 aromatic rings. The number of aromatic nitrogens is 2. The number of rotatable bonds is 5. The van der Waals surface area contributed by atoms with Crippen LogP contribution in [-0.2, 0) is 9.59 Å². The summed E-state index contributed by atoms with van der Waals surface area (Å²) in [7, 11) is 0. The van der Waals surface area contributed by atoms with Crippen LogP contribution in [0.5, 0.6) is 0 Å². The van der Waals surface area contributed by atoms with E-state index in [2.05, 4.69) is 15.7 Å². The molecule has 1 aromatic carbocycles. The Balaban J connectivity index is 1.52. The molecular weight excluding hydrogens is 268 g/mol. The second kappa shape index (κ2) is 5.78. The normalized spacial score (nSPS) is 13.7. The van der Waals surface area contributed by atoms with Gasteiger partial charge in [0, 0.05) is 24.0 Å². The highest BCUT2D eigenvalue weighted by Crippen LogP contribution is 2.28. The first-order valence-electron chi connectivity index (χ1n) is 6.90. The van der Waals surface area contributed by atoms with Crippen LogP contribution in [0.15, 0.2) is 42.7 Å². The molecule has 0 unspecified atom stereocenters. The van der Waals surface area contributed by atoms with Crippen molar-refractivity contribution < 1.29 is 9.59 Å². The van der Waals surface area contributed by atoms with E-state index in [1.165, 1.54) is 0 Å². The lowest BCUT2D eigenvalue weighted by Crippen LogP contribution is -2.33. The minimum atomic E-state index is -0.226. The molecule has 108 valence electrons. The maximum absolute atomic E-state index is 11.7. The Bertz CT molecular complexity index is 630. The van der Waals surface area contributed by atoms with Gasteiger partial charge in [-0.05, 0) is 43.2 Å². The number of nitrogens with one attached hydrogen (secondary N) is 2. The smallest absolute Gasteiger partial charge is 0.243 e. The summed E-state index contributed by atoms with van der Waals surface area (Å²) in [5.74, 6) is -0.138. The number of hydrogen-bond acceptors (Lipinski definition) is 3. The summed E-state index contributed by atoms with van der Waals surface area (Å²) in [6.07, 6.45) is 5.42. The molecule has 0 atom stereocenters. The molecule has 6 nitrogen and oxygen atoms in total. The lowest BCUT2D eigenvalue weighted by atomic mass is 10.3. The van der Waals surface area contributed by atoms with Crippen molar-refractivity contribution >= 4 is 17.5 Å². The average molecular weight is 284 g/mol. The van der Waals surface area contributed by atoms with Crippen molar-refractivity contribution in [1.82, 2.24) is 15.1 Å². The van der Waals surface area contributed by atoms with Crippen molar-refractivity contribution in [3.05, 3.63) is 42.7 Å². The van der Waals surface area contributed by atoms with E-state index in [9.17, 15) is 9.59 Å². The van der Waals surface area contributed by atoms with Crippen molar-refractivity contribution in [3.8, 4) is 5.69 Å². The topological polar surface area (TPSA) is 76.0 Å². The van der Waals surface area contributed by atoms with E-state index in [-0.39, 0.29) is 24.3 Å². The molecule has 1 aromatic heterocycles. The van der Waals surface area contributed by atoms with Crippen LogP contribution in [0.25, 0.3) is 5.69 Å². The summed E-state index contributed by atoms with van der Waals surface area (Å²) in [6, 6.07) is 9.18. The minimum absolute atomic E-state index is 0.0102. The first-order chi connectivity index (χ1) is 10.2. The van der Waals surface area contributed by atoms with Gasteiger partial charge in [0.05, 0.1) is 12.2 Å². The van der Waals surface area contributed by atoms with Crippen molar-refractivity contribution in [2.75, 3.05) is 11.9 Å². The highest BCUT2D eigenvalue weighted by atomic mass is 16.2. The summed E-state index contributed by atoms with van der Waals surface area (Å²) >= 11 is 0. The molecular formula is C15H16N4O2. The van der Waals surface area contributed by atoms with Gasteiger partial charge in [0.2, 0.25) is 11.8 Å². The Morgan fingerprint density at radius 1 is 1.24 bits per heavy atom. The average Bonchev–Trinajstić information content (AvgIpc) is 3.21. The Morgan fingerprint density at radius 2 is 2.00 bits per heavy atom. The van der Waals surface area contributed by atoms with Gasteiger partial charge >= 0.3 is 0 Å². The summed E-state index contributed by atoms with van der Waals surface area (Å²) in [4.78, 5) is 23.2. The minimum Gasteiger partial charge on any atom is -0.347 e. The molecule has 1 saturated carbocycles. The fraction of sp³-hybridized carbons (Fsp3) is 0.267. The summed E-state index contributed by atoms with van der Waals surface area (Å²) in [5, 5.41) is 9.51. The maximum atomic E-state index is 11.7. The first-order valence-corrected chi connectivity index (χ1v) is 6.90. The summed E-state index contributed by atoms with van der Waals surface area (Å²) < 4.78 is 1.74. The third-order valence-corrected chi connectivity index (χ3v) is 3.29. The van der Waals surface area contributed by atoms with Crippen molar-refractivity contribution in [2.24, 2.45) is 5.92 Å². The molecule has 0 radical (unpaired) electrons. The maximum Gasteiger partial charge on any atom is 0.243 e. The molecule has 3 rings (SSSR count). The lowest BCUT2D eigenvalue weighted by molar-refractivity contribution is -0.125. The van der Waals surface area contributed by atoms with E-state index >= 15 is 0 Å². The van der Waals surface area contributed by atoms with Gasteiger partial charge in [0.15, 0.2) is 0 Å². The predicted molar refractivity (Wildman–Crippen MR) is 77.9 cm³/mol. The van der Waals surface area contributed by atoms with Gasteiger partial charge in [-0.1, -0.05) is 0 Å². The number of benzene rings is 1. The summed E-state index contributed by atoms with van der Waals surface area (Å²) in [6.45, 7) is 0.0102. The van der Waals surface area contributed by atoms with E-state index in [0.717, 1.165) is 18.5 Å². The Labute approximate surface area is 122 Å². The van der Waals surface area contributed by atoms with Crippen molar-refractivity contribution in [2.45, 2.75) is 12.8 Å². The second-order valence-corrected chi connectivity index (χ2v) is 5.04. The fourth-order valence-electron chi connectivity index (χ4n) is 1.98. The molecule has 1 aliphatic carbocycles. The number of carbonyl (C=O) groups is 2. The Hall–Kier alpha value is -2.63. The third kappa shape index (κ3) is 3.47. The predicted octanol–water partition coefficient (Wildman–Crippen LogP) is 1.34. The number of anilines is 1. The molecule has 1 aliphatic rings. The fourth-order valence-corrected chi connectivity index (χ4v) is 1.98. The van der Waals surface area contributed by atoms with Gasteiger partial charge in [-0.25, -0.2) is 4.68 Å². The van der Waals surface area contributed by atoms with E-state index in [1.807, 2.05) is 24.4 Å². The standard InChI is InChI=1S/C15H16N4O2/c20-14(10-16-15(21)11-2-3-11)18-12-4-6-13(7-5-12)19-9-1-8-17-19/h1,4-9,11H,2-3,10H2,(H,16,21)(H,18,20). The highest BCUT2D eigenvalue weighted by Gasteiger charge is 2.29. The van der Waals surface area contributed by atoms with E-state index in [0.29, 0.717) is 5.69 Å². The van der Waals surface area contributed by atoms with E-state index < -0.39 is 0 Å². The molecule has 2 N–H and O–H groups in total. The molecule has 6 heteroatoms. The highest BCUT2D eigenvalue weighted by molar-refractivity contribution is 5.95. The molecule has 0 saturated heterocycles. The zero-order valence-corrected chi connectivity index (χ0v) is 11.5. The number of amides is 2. The number of nitrogens with zero attached hydrogens (tertiary/aromatic N) is 2. The third-order valence-electron chi connectivity index (χ3n) is 3.29. The van der Waals surface area contributed by atoms with Crippen molar-refractivity contribution in [1.29, 1.82) is 0 Å². The van der Waals surface area contributed by atoms with Crippen LogP contribution in [0.3, 0.4) is 0 Å².